The van der Waals surface area contributed by atoms with E-state index in [-0.39, 0.29) is 5.56 Å². The number of fused-ring (bicyclic) bond motifs is 1. The van der Waals surface area contributed by atoms with Gasteiger partial charge in [-0.1, -0.05) is 0 Å². The highest BCUT2D eigenvalue weighted by Gasteiger charge is 2.43. The molecule has 3 fully saturated rings. The van der Waals surface area contributed by atoms with Crippen LogP contribution in [-0.2, 0) is 11.8 Å². The minimum Gasteiger partial charge on any atom is -0.381 e. The molecule has 2 N–H and O–H groups in total. The summed E-state index contributed by atoms with van der Waals surface area (Å²) in [5, 5.41) is 16.3. The fourth-order valence-corrected chi connectivity index (χ4v) is 5.85. The van der Waals surface area contributed by atoms with Crippen molar-refractivity contribution in [2.24, 2.45) is 24.8 Å². The molecule has 0 radical (unpaired) electrons. The van der Waals surface area contributed by atoms with Crippen LogP contribution in [0, 0.1) is 24.7 Å². The molecular weight excluding hydrogens is 390 g/mol. The van der Waals surface area contributed by atoms with Gasteiger partial charge in [-0.3, -0.25) is 4.79 Å². The zero-order valence-corrected chi connectivity index (χ0v) is 18.5. The molecule has 2 aromatic rings. The molecule has 31 heavy (non-hydrogen) atoms. The van der Waals surface area contributed by atoms with Crippen molar-refractivity contribution in [2.75, 3.05) is 25.1 Å². The normalized spacial score (nSPS) is 28.6. The lowest BCUT2D eigenvalue weighted by atomic mass is 9.85. The molecule has 7 nitrogen and oxygen atoms in total. The van der Waals surface area contributed by atoms with E-state index in [4.69, 9.17) is 4.74 Å². The lowest BCUT2D eigenvalue weighted by Gasteiger charge is -2.27. The lowest BCUT2D eigenvalue weighted by molar-refractivity contribution is 0.0594. The average Bonchev–Trinajstić information content (AvgIpc) is 3.34. The summed E-state index contributed by atoms with van der Waals surface area (Å²) in [5.74, 6) is 3.19. The van der Waals surface area contributed by atoms with Crippen molar-refractivity contribution in [3.05, 3.63) is 40.3 Å². The maximum absolute atomic E-state index is 11.9. The van der Waals surface area contributed by atoms with E-state index < -0.39 is 0 Å². The number of nitrogens with one attached hydrogen (secondary N) is 2. The van der Waals surface area contributed by atoms with Gasteiger partial charge in [0.05, 0.1) is 5.69 Å². The third-order valence-electron chi connectivity index (χ3n) is 7.51. The van der Waals surface area contributed by atoms with Gasteiger partial charge in [0.15, 0.2) is 0 Å². The van der Waals surface area contributed by atoms with E-state index in [9.17, 15) is 4.79 Å². The smallest absolute Gasteiger partial charge is 0.253 e. The monoisotopic (exact) mass is 423 g/mol. The summed E-state index contributed by atoms with van der Waals surface area (Å²) in [6, 6.07) is 6.99. The van der Waals surface area contributed by atoms with Crippen molar-refractivity contribution in [2.45, 2.75) is 51.1 Å². The Morgan fingerprint density at radius 2 is 2.06 bits per heavy atom. The second-order valence-corrected chi connectivity index (χ2v) is 9.67. The second-order valence-electron chi connectivity index (χ2n) is 9.67. The van der Waals surface area contributed by atoms with Crippen LogP contribution in [0.1, 0.15) is 37.7 Å². The Bertz CT molecular complexity index is 941. The van der Waals surface area contributed by atoms with Crippen molar-refractivity contribution >= 4 is 5.82 Å². The number of hydrogen-bond donors (Lipinski definition) is 2. The maximum Gasteiger partial charge on any atom is 0.253 e. The quantitative estimate of drug-likeness (QED) is 0.770. The van der Waals surface area contributed by atoms with Crippen LogP contribution in [0.5, 0.6) is 0 Å². The van der Waals surface area contributed by atoms with E-state index >= 15 is 0 Å². The first-order valence-electron chi connectivity index (χ1n) is 11.7. The molecule has 7 heteroatoms. The molecule has 0 unspecified atom stereocenters. The number of hydrogen-bond acceptors (Lipinski definition) is 6. The number of rotatable bonds is 5. The summed E-state index contributed by atoms with van der Waals surface area (Å²) in [4.78, 5) is 11.9. The van der Waals surface area contributed by atoms with Gasteiger partial charge in [-0.25, -0.2) is 0 Å². The summed E-state index contributed by atoms with van der Waals surface area (Å²) in [5.41, 5.74) is 2.43. The largest absolute Gasteiger partial charge is 0.381 e. The Labute approximate surface area is 183 Å². The molecule has 5 rings (SSSR count). The maximum atomic E-state index is 11.9. The van der Waals surface area contributed by atoms with Crippen molar-refractivity contribution in [1.29, 1.82) is 0 Å². The minimum atomic E-state index is 0.0198. The third kappa shape index (κ3) is 4.39. The van der Waals surface area contributed by atoms with Gasteiger partial charge in [0.25, 0.3) is 5.56 Å². The Kier molecular flexibility index (Phi) is 5.80. The number of ether oxygens (including phenoxy) is 1. The lowest BCUT2D eigenvalue weighted by Crippen LogP contribution is -2.33. The third-order valence-corrected chi connectivity index (χ3v) is 7.51. The van der Waals surface area contributed by atoms with E-state index in [0.717, 1.165) is 54.6 Å². The summed E-state index contributed by atoms with van der Waals surface area (Å²) < 4.78 is 7.13. The highest BCUT2D eigenvalue weighted by Crippen LogP contribution is 2.41. The molecule has 1 saturated carbocycles. The van der Waals surface area contributed by atoms with E-state index in [2.05, 4.69) is 20.8 Å². The van der Waals surface area contributed by atoms with Gasteiger partial charge in [0.2, 0.25) is 0 Å². The molecule has 1 aliphatic carbocycles. The number of aryl methyl sites for hydroxylation is 2. The summed E-state index contributed by atoms with van der Waals surface area (Å²) in [7, 11) is 1.77. The molecule has 0 bridgehead atoms. The zero-order chi connectivity index (χ0) is 21.4. The van der Waals surface area contributed by atoms with Gasteiger partial charge in [-0.05, 0) is 81.5 Å². The predicted molar refractivity (Wildman–Crippen MR) is 121 cm³/mol. The first-order valence-corrected chi connectivity index (χ1v) is 11.7. The van der Waals surface area contributed by atoms with Crippen LogP contribution in [0.2, 0.25) is 0 Å². The zero-order valence-electron chi connectivity index (χ0n) is 18.5. The Balaban J connectivity index is 1.20. The van der Waals surface area contributed by atoms with Gasteiger partial charge >= 0.3 is 0 Å². The van der Waals surface area contributed by atoms with E-state index in [1.54, 1.807) is 11.6 Å². The van der Waals surface area contributed by atoms with Gasteiger partial charge in [0.1, 0.15) is 5.82 Å². The molecule has 2 saturated heterocycles. The van der Waals surface area contributed by atoms with Gasteiger partial charge < -0.3 is 19.9 Å². The standard InChI is InChI=1S/C24H33N5O2/c1-15-9-18(14-29(2)24(15)30)21-3-4-23(28-27-21)26-19-11-17-13-25-22(20(17)12-19)10-16-5-7-31-8-6-16/h3-4,9,14,16-17,19-20,22,25H,5-8,10-13H2,1-2H3,(H,26,28)/t17-,19+,20+,22+/m1/s1. The van der Waals surface area contributed by atoms with Crippen LogP contribution in [-0.4, -0.2) is 46.6 Å². The molecule has 0 spiro atoms. The summed E-state index contributed by atoms with van der Waals surface area (Å²) in [6.07, 6.45) is 7.95. The molecule has 4 atom stereocenters. The van der Waals surface area contributed by atoms with Crippen molar-refractivity contribution in [3.63, 3.8) is 0 Å². The topological polar surface area (TPSA) is 81.1 Å². The molecule has 0 aromatic carbocycles. The van der Waals surface area contributed by atoms with E-state index in [1.165, 1.54) is 32.1 Å². The van der Waals surface area contributed by atoms with Gasteiger partial charge in [-0.2, -0.15) is 0 Å². The molecule has 3 aliphatic rings. The first kappa shape index (κ1) is 20.6. The SMILES string of the molecule is Cc1cc(-c2ccc(N[C@H]3C[C@@H]4CN[C@@H](CC5CCOCC5)[C@H]4C3)nn2)cn(C)c1=O. The Morgan fingerprint density at radius 1 is 1.23 bits per heavy atom. The molecule has 2 aliphatic heterocycles. The minimum absolute atomic E-state index is 0.0198. The number of pyridine rings is 1. The summed E-state index contributed by atoms with van der Waals surface area (Å²) in [6.45, 7) is 4.84. The fraction of sp³-hybridized carbons (Fsp3) is 0.625. The molecule has 2 aromatic heterocycles. The number of nitrogens with zero attached hydrogens (tertiary/aromatic N) is 3. The van der Waals surface area contributed by atoms with Crippen LogP contribution in [0.25, 0.3) is 11.3 Å². The summed E-state index contributed by atoms with van der Waals surface area (Å²) >= 11 is 0. The Hall–Kier alpha value is -2.25. The van der Waals surface area contributed by atoms with Crippen molar-refractivity contribution in [3.8, 4) is 11.3 Å². The molecular formula is C24H33N5O2. The average molecular weight is 424 g/mol. The van der Waals surface area contributed by atoms with E-state index in [1.807, 2.05) is 31.3 Å². The van der Waals surface area contributed by atoms with Crippen LogP contribution in [0.4, 0.5) is 5.82 Å². The number of anilines is 1. The van der Waals surface area contributed by atoms with Crippen molar-refractivity contribution < 1.29 is 4.74 Å². The highest BCUT2D eigenvalue weighted by molar-refractivity contribution is 5.59. The molecule has 0 amide bonds. The molecule has 4 heterocycles. The van der Waals surface area contributed by atoms with Crippen LogP contribution in [0.3, 0.4) is 0 Å². The van der Waals surface area contributed by atoms with Gasteiger partial charge in [-0.15, -0.1) is 10.2 Å². The van der Waals surface area contributed by atoms with Crippen LogP contribution >= 0.6 is 0 Å². The van der Waals surface area contributed by atoms with Crippen LogP contribution < -0.4 is 16.2 Å². The number of aromatic nitrogens is 3. The van der Waals surface area contributed by atoms with E-state index in [0.29, 0.717) is 17.6 Å². The fourth-order valence-electron chi connectivity index (χ4n) is 5.85. The van der Waals surface area contributed by atoms with Crippen molar-refractivity contribution in [1.82, 2.24) is 20.1 Å². The van der Waals surface area contributed by atoms with Crippen LogP contribution in [0.15, 0.2) is 29.2 Å². The molecule has 166 valence electrons. The second kappa shape index (κ2) is 8.71. The Morgan fingerprint density at radius 3 is 2.81 bits per heavy atom. The van der Waals surface area contributed by atoms with Gasteiger partial charge in [0, 0.05) is 49.7 Å². The first-order chi connectivity index (χ1) is 15.1. The highest BCUT2D eigenvalue weighted by atomic mass is 16.5. The predicted octanol–water partition coefficient (Wildman–Crippen LogP) is 2.75.